The van der Waals surface area contributed by atoms with E-state index in [0.717, 1.165) is 23.1 Å². The summed E-state index contributed by atoms with van der Waals surface area (Å²) in [6, 6.07) is 9.48. The Morgan fingerprint density at radius 1 is 1.31 bits per heavy atom. The predicted octanol–water partition coefficient (Wildman–Crippen LogP) is 3.74. The lowest BCUT2D eigenvalue weighted by atomic mass is 10.0. The van der Waals surface area contributed by atoms with Gasteiger partial charge in [-0.15, -0.1) is 0 Å². The summed E-state index contributed by atoms with van der Waals surface area (Å²) < 4.78 is 7.02. The number of thioether (sulfide) groups is 1. The Hall–Kier alpha value is -3.62. The second kappa shape index (κ2) is 11.9. The number of pyridine rings is 1. The first-order valence-electron chi connectivity index (χ1n) is 11.2. The van der Waals surface area contributed by atoms with E-state index in [9.17, 15) is 19.6 Å². The number of aromatic nitrogens is 1. The van der Waals surface area contributed by atoms with Gasteiger partial charge in [0.15, 0.2) is 0 Å². The number of anilines is 1. The Balaban J connectivity index is 2.02. The van der Waals surface area contributed by atoms with Gasteiger partial charge in [0.2, 0.25) is 0 Å². The largest absolute Gasteiger partial charge is 0.497 e. The first kappa shape index (κ1) is 27.0. The van der Waals surface area contributed by atoms with E-state index in [4.69, 9.17) is 22.1 Å². The molecule has 1 amide bonds. The molecule has 188 valence electrons. The minimum atomic E-state index is -0.940. The maximum atomic E-state index is 13.1. The second-order valence-corrected chi connectivity index (χ2v) is 9.63. The zero-order chi connectivity index (χ0) is 26.4. The summed E-state index contributed by atoms with van der Waals surface area (Å²) in [5.74, 6) is -0.0517. The quantitative estimate of drug-likeness (QED) is 0.352. The van der Waals surface area contributed by atoms with Crippen molar-refractivity contribution in [1.82, 2.24) is 9.47 Å². The average molecular weight is 527 g/mol. The van der Waals surface area contributed by atoms with Gasteiger partial charge >= 0.3 is 5.97 Å². The molecule has 0 atom stereocenters. The van der Waals surface area contributed by atoms with Crippen molar-refractivity contribution < 1.29 is 19.4 Å². The number of aliphatic carboxylic acids is 1. The minimum absolute atomic E-state index is 0.00929. The van der Waals surface area contributed by atoms with Crippen LogP contribution in [0, 0.1) is 18.3 Å². The van der Waals surface area contributed by atoms with Gasteiger partial charge in [0.25, 0.3) is 11.5 Å². The van der Waals surface area contributed by atoms with E-state index >= 15 is 0 Å². The molecule has 1 fully saturated rings. The molecule has 1 aromatic carbocycles. The fourth-order valence-corrected chi connectivity index (χ4v) is 5.09. The molecule has 2 heterocycles. The minimum Gasteiger partial charge on any atom is -0.497 e. The number of nitriles is 1. The van der Waals surface area contributed by atoms with Crippen LogP contribution in [0.15, 0.2) is 34.0 Å². The predicted molar refractivity (Wildman–Crippen MR) is 143 cm³/mol. The zero-order valence-electron chi connectivity index (χ0n) is 20.2. The summed E-state index contributed by atoms with van der Waals surface area (Å²) in [5, 5.41) is 21.9. The number of carboxylic acids is 1. The molecule has 1 aromatic heterocycles. The number of hydrogen-bond donors (Lipinski definition) is 2. The summed E-state index contributed by atoms with van der Waals surface area (Å²) >= 11 is 6.47. The second-order valence-electron chi connectivity index (χ2n) is 7.96. The molecule has 0 spiro atoms. The molecular weight excluding hydrogens is 500 g/mol. The van der Waals surface area contributed by atoms with Crippen molar-refractivity contribution in [1.29, 1.82) is 5.26 Å². The summed E-state index contributed by atoms with van der Waals surface area (Å²) in [6.45, 7) is 4.40. The lowest BCUT2D eigenvalue weighted by Gasteiger charge is -2.19. The van der Waals surface area contributed by atoms with Crippen molar-refractivity contribution >= 4 is 52.1 Å². The third kappa shape index (κ3) is 5.78. The molecule has 9 nitrogen and oxygen atoms in total. The summed E-state index contributed by atoms with van der Waals surface area (Å²) in [5.41, 5.74) is 1.56. The van der Waals surface area contributed by atoms with E-state index in [0.29, 0.717) is 39.3 Å². The average Bonchev–Trinajstić information content (AvgIpc) is 3.12. The highest BCUT2D eigenvalue weighted by molar-refractivity contribution is 8.26. The molecule has 0 bridgehead atoms. The molecule has 11 heteroatoms. The number of carbonyl (C=O) groups excluding carboxylic acids is 1. The number of rotatable bonds is 10. The maximum Gasteiger partial charge on any atom is 0.303 e. The fraction of sp³-hybridized carbons (Fsp3) is 0.320. The summed E-state index contributed by atoms with van der Waals surface area (Å²) in [6.07, 6.45) is 1.86. The Morgan fingerprint density at radius 3 is 2.58 bits per heavy atom. The van der Waals surface area contributed by atoms with Gasteiger partial charge in [0.1, 0.15) is 27.5 Å². The van der Waals surface area contributed by atoms with Gasteiger partial charge in [-0.2, -0.15) is 5.26 Å². The highest BCUT2D eigenvalue weighted by Crippen LogP contribution is 2.35. The Kier molecular flexibility index (Phi) is 8.90. The van der Waals surface area contributed by atoms with Gasteiger partial charge in [0, 0.05) is 31.6 Å². The number of hydrogen-bond acceptors (Lipinski definition) is 8. The first-order chi connectivity index (χ1) is 17.2. The van der Waals surface area contributed by atoms with Crippen LogP contribution in [0.1, 0.15) is 42.0 Å². The number of nitrogens with zero attached hydrogens (tertiary/aromatic N) is 3. The number of ether oxygens (including phenoxy) is 1. The van der Waals surface area contributed by atoms with Crippen LogP contribution in [-0.4, -0.2) is 44.4 Å². The molecular formula is C25H26N4O5S2. The van der Waals surface area contributed by atoms with E-state index in [1.165, 1.54) is 9.47 Å². The smallest absolute Gasteiger partial charge is 0.303 e. The van der Waals surface area contributed by atoms with E-state index in [1.807, 2.05) is 37.3 Å². The number of benzene rings is 1. The molecule has 3 rings (SSSR count). The van der Waals surface area contributed by atoms with Crippen molar-refractivity contribution in [3.05, 3.63) is 61.8 Å². The van der Waals surface area contributed by atoms with E-state index < -0.39 is 11.5 Å². The molecule has 36 heavy (non-hydrogen) atoms. The third-order valence-corrected chi connectivity index (χ3v) is 7.11. The lowest BCUT2D eigenvalue weighted by molar-refractivity contribution is -0.137. The summed E-state index contributed by atoms with van der Waals surface area (Å²) in [4.78, 5) is 38.7. The van der Waals surface area contributed by atoms with Crippen molar-refractivity contribution in [3.8, 4) is 11.8 Å². The van der Waals surface area contributed by atoms with Gasteiger partial charge in [-0.3, -0.25) is 23.9 Å². The number of thiocarbonyl (C=S) groups is 1. The molecule has 0 saturated carbocycles. The zero-order valence-corrected chi connectivity index (χ0v) is 21.8. The molecule has 0 aliphatic carbocycles. The van der Waals surface area contributed by atoms with Crippen LogP contribution in [0.3, 0.4) is 0 Å². The fourth-order valence-electron chi connectivity index (χ4n) is 3.80. The normalized spacial score (nSPS) is 14.3. The monoisotopic (exact) mass is 526 g/mol. The molecule has 1 saturated heterocycles. The number of carbonyl (C=O) groups is 2. The highest BCUT2D eigenvalue weighted by atomic mass is 32.2. The van der Waals surface area contributed by atoms with Crippen molar-refractivity contribution in [2.75, 3.05) is 19.0 Å². The van der Waals surface area contributed by atoms with Crippen molar-refractivity contribution in [2.45, 2.75) is 39.8 Å². The van der Waals surface area contributed by atoms with E-state index in [1.54, 1.807) is 20.1 Å². The van der Waals surface area contributed by atoms with Crippen molar-refractivity contribution in [3.63, 3.8) is 0 Å². The Morgan fingerprint density at radius 2 is 2.00 bits per heavy atom. The van der Waals surface area contributed by atoms with Crippen LogP contribution in [-0.2, 0) is 22.7 Å². The topological polar surface area (TPSA) is 125 Å². The van der Waals surface area contributed by atoms with Crippen LogP contribution in [0.5, 0.6) is 5.75 Å². The van der Waals surface area contributed by atoms with Gasteiger partial charge < -0.3 is 15.2 Å². The van der Waals surface area contributed by atoms with Crippen LogP contribution in [0.2, 0.25) is 0 Å². The molecule has 0 unspecified atom stereocenters. The van der Waals surface area contributed by atoms with Gasteiger partial charge in [0.05, 0.1) is 12.0 Å². The van der Waals surface area contributed by atoms with E-state index in [-0.39, 0.29) is 30.9 Å². The molecule has 2 N–H and O–H groups in total. The molecule has 1 aliphatic rings. The number of amides is 1. The van der Waals surface area contributed by atoms with Crippen molar-refractivity contribution in [2.24, 2.45) is 0 Å². The maximum absolute atomic E-state index is 13.1. The first-order valence-corrected chi connectivity index (χ1v) is 12.5. The lowest BCUT2D eigenvalue weighted by Crippen LogP contribution is -2.29. The number of methoxy groups -OCH3 is 1. The molecule has 1 aliphatic heterocycles. The van der Waals surface area contributed by atoms with Gasteiger partial charge in [-0.1, -0.05) is 36.1 Å². The Bertz CT molecular complexity index is 1330. The van der Waals surface area contributed by atoms with E-state index in [2.05, 4.69) is 5.32 Å². The SMILES string of the molecule is CCn1c(NCc2ccc(OC)cc2)c(/C=C2/SC(=S)N(CCCC(=O)O)C2=O)c(C)c(C#N)c1=O. The van der Waals surface area contributed by atoms with Crippen LogP contribution in [0.25, 0.3) is 6.08 Å². The summed E-state index contributed by atoms with van der Waals surface area (Å²) in [7, 11) is 1.59. The number of carboxylic acid groups (broad SMARTS) is 1. The van der Waals surface area contributed by atoms with Crippen LogP contribution < -0.4 is 15.6 Å². The molecule has 0 radical (unpaired) electrons. The van der Waals surface area contributed by atoms with Gasteiger partial charge in [-0.25, -0.2) is 0 Å². The molecule has 2 aromatic rings. The van der Waals surface area contributed by atoms with Gasteiger partial charge in [-0.05, 0) is 49.6 Å². The van der Waals surface area contributed by atoms with Crippen LogP contribution >= 0.6 is 24.0 Å². The highest BCUT2D eigenvalue weighted by Gasteiger charge is 2.32. The number of nitrogens with one attached hydrogen (secondary N) is 1. The van der Waals surface area contributed by atoms with Crippen LogP contribution in [0.4, 0.5) is 5.82 Å². The standard InChI is InChI=1S/C25H26N4O5S2/c1-4-28-22(27-14-16-7-9-17(34-3)10-8-16)18(15(2)19(13-26)23(28)32)12-20-24(33)29(25(35)36-20)11-5-6-21(30)31/h7-10,12,27H,4-6,11,14H2,1-3H3,(H,30,31)/b20-12+. The third-order valence-electron chi connectivity index (χ3n) is 5.73. The Labute approximate surface area is 218 Å².